The van der Waals surface area contributed by atoms with E-state index in [1.54, 1.807) is 6.07 Å². The lowest BCUT2D eigenvalue weighted by molar-refractivity contribution is 0.482. The molecule has 0 aliphatic rings. The maximum absolute atomic E-state index is 10.7. The van der Waals surface area contributed by atoms with Gasteiger partial charge in [-0.2, -0.15) is 8.42 Å². The molecular formula is C7H7NO3S. The van der Waals surface area contributed by atoms with Crippen molar-refractivity contribution in [3.05, 3.63) is 29.8 Å². The lowest BCUT2D eigenvalue weighted by Crippen LogP contribution is -2.02. The zero-order valence-corrected chi connectivity index (χ0v) is 6.95. The van der Waals surface area contributed by atoms with Crippen LogP contribution < -0.4 is 5.73 Å². The Morgan fingerprint density at radius 3 is 2.33 bits per heavy atom. The van der Waals surface area contributed by atoms with Crippen molar-refractivity contribution in [3.63, 3.8) is 0 Å². The zero-order chi connectivity index (χ0) is 9.19. The lowest BCUT2D eigenvalue weighted by Gasteiger charge is -2.01. The minimum Gasteiger partial charge on any atom is -0.282 e. The number of benzene rings is 1. The normalized spacial score (nSPS) is 11.5. The van der Waals surface area contributed by atoms with E-state index >= 15 is 0 Å². The lowest BCUT2D eigenvalue weighted by atomic mass is 10.2. The third kappa shape index (κ3) is 1.82. The first-order valence-electron chi connectivity index (χ1n) is 3.22. The van der Waals surface area contributed by atoms with Gasteiger partial charge in [0.05, 0.1) is 11.4 Å². The number of rotatable bonds is 2. The van der Waals surface area contributed by atoms with Crippen molar-refractivity contribution in [2.75, 3.05) is 0 Å². The van der Waals surface area contributed by atoms with Gasteiger partial charge in [0.15, 0.2) is 0 Å². The minimum absolute atomic E-state index is 0.194. The van der Waals surface area contributed by atoms with Gasteiger partial charge in [-0.15, -0.1) is 5.73 Å². The number of hydrogen-bond donors (Lipinski definition) is 1. The van der Waals surface area contributed by atoms with E-state index in [9.17, 15) is 8.42 Å². The largest absolute Gasteiger partial charge is 0.294 e. The van der Waals surface area contributed by atoms with E-state index in [-0.39, 0.29) is 10.5 Å². The van der Waals surface area contributed by atoms with Gasteiger partial charge in [0.1, 0.15) is 0 Å². The third-order valence-corrected chi connectivity index (χ3v) is 2.37. The van der Waals surface area contributed by atoms with Crippen LogP contribution in [0, 0.1) is 0 Å². The summed E-state index contributed by atoms with van der Waals surface area (Å²) in [6.07, 6.45) is 0. The standard InChI is InChI=1S/C7H7NO3S/c8-5-6-3-1-2-4-7(6)12(9,10)11/h1-4H,5H2,(H,9,10,11). The molecule has 0 spiro atoms. The molecule has 1 aromatic rings. The van der Waals surface area contributed by atoms with Crippen LogP contribution in [0.4, 0.5) is 0 Å². The average Bonchev–Trinajstić information content (AvgIpc) is 2.03. The highest BCUT2D eigenvalue weighted by Crippen LogP contribution is 2.13. The highest BCUT2D eigenvalue weighted by atomic mass is 32.2. The Labute approximate surface area is 70.8 Å². The summed E-state index contributed by atoms with van der Waals surface area (Å²) in [5.41, 5.74) is 8.90. The quantitative estimate of drug-likeness (QED) is 0.681. The van der Waals surface area contributed by atoms with Gasteiger partial charge in [-0.25, -0.2) is 0 Å². The molecule has 0 heterocycles. The summed E-state index contributed by atoms with van der Waals surface area (Å²) in [6.45, 7) is -0.407. The topological polar surface area (TPSA) is 76.7 Å². The molecule has 0 aliphatic carbocycles. The molecule has 1 rings (SSSR count). The Hall–Kier alpha value is -0.910. The van der Waals surface area contributed by atoms with Crippen LogP contribution in [0.25, 0.3) is 0 Å². The van der Waals surface area contributed by atoms with Crippen LogP contribution in [0.3, 0.4) is 0 Å². The minimum atomic E-state index is -4.21. The zero-order valence-electron chi connectivity index (χ0n) is 6.14. The molecule has 1 N–H and O–H groups in total. The molecule has 0 bridgehead atoms. The Morgan fingerprint density at radius 2 is 1.92 bits per heavy atom. The van der Waals surface area contributed by atoms with Crippen LogP contribution in [-0.2, 0) is 16.7 Å². The Balaban J connectivity index is 3.33. The van der Waals surface area contributed by atoms with Gasteiger partial charge < -0.3 is 0 Å². The third-order valence-electron chi connectivity index (χ3n) is 1.42. The fraction of sp³-hybridized carbons (Fsp3) is 0.143. The van der Waals surface area contributed by atoms with E-state index < -0.39 is 16.7 Å². The fourth-order valence-electron chi connectivity index (χ4n) is 0.886. The van der Waals surface area contributed by atoms with Gasteiger partial charge in [0, 0.05) is 0 Å². The molecule has 0 aliphatic heterocycles. The molecule has 0 saturated carbocycles. The van der Waals surface area contributed by atoms with E-state index in [0.717, 1.165) is 0 Å². The summed E-state index contributed by atoms with van der Waals surface area (Å²) in [4.78, 5) is -0.243. The molecule has 4 nitrogen and oxygen atoms in total. The predicted molar refractivity (Wildman–Crippen MR) is 42.1 cm³/mol. The molecule has 0 fully saturated rings. The molecule has 0 amide bonds. The van der Waals surface area contributed by atoms with Crippen molar-refractivity contribution < 1.29 is 13.0 Å². The fourth-order valence-corrected chi connectivity index (χ4v) is 1.60. The Bertz CT molecular complexity index is 372. The first-order valence-corrected chi connectivity index (χ1v) is 4.66. The van der Waals surface area contributed by atoms with Gasteiger partial charge >= 0.3 is 0 Å². The Kier molecular flexibility index (Phi) is 2.46. The van der Waals surface area contributed by atoms with Crippen molar-refractivity contribution in [2.45, 2.75) is 11.4 Å². The molecule has 12 heavy (non-hydrogen) atoms. The van der Waals surface area contributed by atoms with Crippen molar-refractivity contribution in [3.8, 4) is 0 Å². The van der Waals surface area contributed by atoms with E-state index in [4.69, 9.17) is 10.3 Å². The van der Waals surface area contributed by atoms with Gasteiger partial charge in [0.25, 0.3) is 10.1 Å². The summed E-state index contributed by atoms with van der Waals surface area (Å²) in [6, 6.07) is 5.73. The first kappa shape index (κ1) is 9.18. The van der Waals surface area contributed by atoms with Crippen LogP contribution in [-0.4, -0.2) is 13.0 Å². The van der Waals surface area contributed by atoms with Gasteiger partial charge in [-0.1, -0.05) is 18.2 Å². The molecule has 5 heteroatoms. The van der Waals surface area contributed by atoms with E-state index in [0.29, 0.717) is 0 Å². The van der Waals surface area contributed by atoms with Gasteiger partial charge in [-0.05, 0) is 11.6 Å². The van der Waals surface area contributed by atoms with Crippen LogP contribution in [0.5, 0.6) is 0 Å². The summed E-state index contributed by atoms with van der Waals surface area (Å²) in [7, 11) is -4.21. The molecule has 0 saturated heterocycles. The van der Waals surface area contributed by atoms with Crippen molar-refractivity contribution in [1.82, 2.24) is 5.73 Å². The van der Waals surface area contributed by atoms with Gasteiger partial charge in [0.2, 0.25) is 0 Å². The summed E-state index contributed by atoms with van der Waals surface area (Å²) < 4.78 is 30.0. The summed E-state index contributed by atoms with van der Waals surface area (Å²) in [5.74, 6) is 0. The van der Waals surface area contributed by atoms with Crippen LogP contribution in [0.2, 0.25) is 0 Å². The molecule has 1 aromatic carbocycles. The maximum atomic E-state index is 10.7. The van der Waals surface area contributed by atoms with Crippen molar-refractivity contribution >= 4 is 10.1 Å². The maximum Gasteiger partial charge on any atom is 0.294 e. The second-order valence-electron chi connectivity index (χ2n) is 2.24. The second-order valence-corrected chi connectivity index (χ2v) is 3.63. The number of nitrogens with zero attached hydrogens (tertiary/aromatic N) is 1. The highest BCUT2D eigenvalue weighted by Gasteiger charge is 2.12. The SMILES string of the molecule is [N]Cc1ccccc1S(=O)(=O)O. The average molecular weight is 185 g/mol. The first-order chi connectivity index (χ1) is 5.55. The van der Waals surface area contributed by atoms with Crippen molar-refractivity contribution in [1.29, 1.82) is 0 Å². The summed E-state index contributed by atoms with van der Waals surface area (Å²) in [5, 5.41) is 0. The van der Waals surface area contributed by atoms with Crippen LogP contribution in [0.15, 0.2) is 29.2 Å². The van der Waals surface area contributed by atoms with E-state index in [2.05, 4.69) is 0 Å². The Morgan fingerprint density at radius 1 is 1.33 bits per heavy atom. The van der Waals surface area contributed by atoms with E-state index in [1.807, 2.05) is 0 Å². The molecule has 2 radical (unpaired) electrons. The van der Waals surface area contributed by atoms with E-state index in [1.165, 1.54) is 18.2 Å². The monoisotopic (exact) mass is 185 g/mol. The molecule has 0 unspecified atom stereocenters. The van der Waals surface area contributed by atoms with Crippen molar-refractivity contribution in [2.24, 2.45) is 0 Å². The molecule has 0 aromatic heterocycles. The van der Waals surface area contributed by atoms with Gasteiger partial charge in [-0.3, -0.25) is 4.55 Å². The summed E-state index contributed by atoms with van der Waals surface area (Å²) >= 11 is 0. The molecular weight excluding hydrogens is 178 g/mol. The predicted octanol–water partition coefficient (Wildman–Crippen LogP) is 0.502. The number of hydrogen-bond acceptors (Lipinski definition) is 2. The second kappa shape index (κ2) is 3.22. The molecule has 64 valence electrons. The molecule has 0 atom stereocenters. The van der Waals surface area contributed by atoms with Crippen LogP contribution in [0.1, 0.15) is 5.56 Å². The van der Waals surface area contributed by atoms with Crippen LogP contribution >= 0.6 is 0 Å². The smallest absolute Gasteiger partial charge is 0.282 e. The highest BCUT2D eigenvalue weighted by molar-refractivity contribution is 7.85.